The molecule has 0 fully saturated rings. The van der Waals surface area contributed by atoms with Gasteiger partial charge in [0.2, 0.25) is 0 Å². The number of aldehydes is 1. The van der Waals surface area contributed by atoms with Crippen LogP contribution in [0.1, 0.15) is 0 Å². The van der Waals surface area contributed by atoms with Gasteiger partial charge in [-0.2, -0.15) is 0 Å². The summed E-state index contributed by atoms with van der Waals surface area (Å²) in [4.78, 5) is 9.17. The fourth-order valence-corrected chi connectivity index (χ4v) is 0. The summed E-state index contributed by atoms with van der Waals surface area (Å²) in [6.45, 7) is 0. The molecule has 0 aliphatic carbocycles. The molecule has 0 rings (SSSR count). The third-order valence-corrected chi connectivity index (χ3v) is 0.167. The zero-order chi connectivity index (χ0) is 3.41. The SMILES string of the molecule is [Li][CH2]C=O. The molecule has 4 heavy (non-hydrogen) atoms. The van der Waals surface area contributed by atoms with Crippen molar-refractivity contribution in [1.29, 1.82) is 0 Å². The molecule has 18 valence electrons. The Labute approximate surface area is 34.6 Å². The molecule has 0 saturated heterocycles. The van der Waals surface area contributed by atoms with Gasteiger partial charge in [0.15, 0.2) is 0 Å². The molecule has 0 aromatic heterocycles. The number of hydrogen-bond acceptors (Lipinski definition) is 1. The van der Waals surface area contributed by atoms with Crippen LogP contribution in [-0.4, -0.2) is 24.0 Å². The first-order chi connectivity index (χ1) is 1.91. The zero-order valence-electron chi connectivity index (χ0n) is 2.69. The van der Waals surface area contributed by atoms with Crippen molar-refractivity contribution in [1.82, 2.24) is 0 Å². The van der Waals surface area contributed by atoms with Gasteiger partial charge in [0.05, 0.1) is 0 Å². The van der Waals surface area contributed by atoms with Gasteiger partial charge in [0.25, 0.3) is 0 Å². The predicted molar refractivity (Wildman–Crippen MR) is 16.6 cm³/mol. The number of hydrogen-bond donors (Lipinski definition) is 0. The number of carbonyl (C=O) groups excluding carboxylic acids is 1. The van der Waals surface area contributed by atoms with E-state index in [4.69, 9.17) is 0 Å². The maximum atomic E-state index is 9.17. The Hall–Kier alpha value is 0.267. The van der Waals surface area contributed by atoms with Gasteiger partial charge < -0.3 is 0 Å². The molecule has 0 unspecified atom stereocenters. The Morgan fingerprint density at radius 2 is 2.25 bits per heavy atom. The Balaban J connectivity index is 2.30. The molecule has 2 heteroatoms. The van der Waals surface area contributed by atoms with E-state index < -0.39 is 0 Å². The van der Waals surface area contributed by atoms with Crippen LogP contribution in [0.3, 0.4) is 0 Å². The van der Waals surface area contributed by atoms with E-state index in [1.807, 2.05) is 17.7 Å². The minimum atomic E-state index is 0.639. The molecule has 0 aliphatic heterocycles. The van der Waals surface area contributed by atoms with E-state index >= 15 is 0 Å². The molecule has 0 saturated carbocycles. The first-order valence-electron chi connectivity index (χ1n) is 1.35. The number of rotatable bonds is 1. The van der Waals surface area contributed by atoms with Crippen molar-refractivity contribution in [2.24, 2.45) is 0 Å². The zero-order valence-corrected chi connectivity index (χ0v) is 2.69. The Bertz CT molecular complexity index is 20.0. The summed E-state index contributed by atoms with van der Waals surface area (Å²) in [6.07, 6.45) is 0.875. The Kier molecular flexibility index (Phi) is 3.49. The summed E-state index contributed by atoms with van der Waals surface area (Å²) in [5, 5.41) is 0.639. The second-order valence-corrected chi connectivity index (χ2v) is 0.575. The molecule has 0 aliphatic rings. The first-order valence-corrected chi connectivity index (χ1v) is 1.35. The quantitative estimate of drug-likeness (QED) is 0.296. The molecule has 0 radical (unpaired) electrons. The average Bonchev–Trinajstić information content (AvgIpc) is 1.37. The fraction of sp³-hybridized carbons (Fsp3) is 0.500. The Morgan fingerprint density at radius 1 is 2.00 bits per heavy atom. The van der Waals surface area contributed by atoms with Gasteiger partial charge in [0, 0.05) is 0 Å². The van der Waals surface area contributed by atoms with Crippen LogP contribution in [0.15, 0.2) is 0 Å². The van der Waals surface area contributed by atoms with Crippen molar-refractivity contribution in [2.75, 3.05) is 0 Å². The standard InChI is InChI=1S/C2H3O.Li/c1-2-3;/h2H,1H2;. The van der Waals surface area contributed by atoms with Crippen LogP contribution in [0.25, 0.3) is 0 Å². The molecule has 0 aromatic carbocycles. The van der Waals surface area contributed by atoms with Crippen LogP contribution >= 0.6 is 0 Å². The molecular weight excluding hydrogens is 47.0 g/mol. The predicted octanol–water partition coefficient (Wildman–Crippen LogP) is -0.228. The fourth-order valence-electron chi connectivity index (χ4n) is 0. The van der Waals surface area contributed by atoms with Gasteiger partial charge in [-0.15, -0.1) is 0 Å². The minimum absolute atomic E-state index is 0.639. The van der Waals surface area contributed by atoms with Crippen LogP contribution in [0.4, 0.5) is 0 Å². The van der Waals surface area contributed by atoms with Crippen molar-refractivity contribution < 1.29 is 4.79 Å². The first kappa shape index (κ1) is 4.27. The molecular formula is C2H3LiO. The van der Waals surface area contributed by atoms with Gasteiger partial charge in [-0.25, -0.2) is 0 Å². The third-order valence-electron chi connectivity index (χ3n) is 0.167. The van der Waals surface area contributed by atoms with E-state index in [1.54, 1.807) is 0 Å². The van der Waals surface area contributed by atoms with E-state index in [1.165, 1.54) is 0 Å². The van der Waals surface area contributed by atoms with Crippen molar-refractivity contribution >= 4 is 24.0 Å². The summed E-state index contributed by atoms with van der Waals surface area (Å²) in [6, 6.07) is 0. The monoisotopic (exact) mass is 50.0 g/mol. The van der Waals surface area contributed by atoms with Crippen LogP contribution in [-0.2, 0) is 4.79 Å². The van der Waals surface area contributed by atoms with E-state index in [0.29, 0.717) is 5.09 Å². The van der Waals surface area contributed by atoms with E-state index in [9.17, 15) is 4.79 Å². The van der Waals surface area contributed by atoms with Gasteiger partial charge in [-0.3, -0.25) is 0 Å². The van der Waals surface area contributed by atoms with Gasteiger partial charge in [0.1, 0.15) is 0 Å². The van der Waals surface area contributed by atoms with Gasteiger partial charge in [-0.1, -0.05) is 0 Å². The number of carbonyl (C=O) groups is 1. The molecule has 0 aromatic rings. The molecule has 0 heterocycles. The summed E-state index contributed by atoms with van der Waals surface area (Å²) in [5.74, 6) is 0. The molecule has 0 N–H and O–H groups in total. The summed E-state index contributed by atoms with van der Waals surface area (Å²) >= 11 is 1.81. The molecule has 1 nitrogen and oxygen atoms in total. The van der Waals surface area contributed by atoms with Crippen LogP contribution in [0.5, 0.6) is 0 Å². The summed E-state index contributed by atoms with van der Waals surface area (Å²) in [7, 11) is 0. The van der Waals surface area contributed by atoms with Crippen molar-refractivity contribution in [3.63, 3.8) is 0 Å². The van der Waals surface area contributed by atoms with Crippen LogP contribution in [0, 0.1) is 0 Å². The summed E-state index contributed by atoms with van der Waals surface area (Å²) in [5.41, 5.74) is 0. The second-order valence-electron chi connectivity index (χ2n) is 0.575. The molecule has 0 bridgehead atoms. The maximum absolute atomic E-state index is 9.17. The van der Waals surface area contributed by atoms with Gasteiger partial charge in [-0.05, 0) is 0 Å². The molecule has 0 spiro atoms. The normalized spacial score (nSPS) is 6.50. The Morgan fingerprint density at radius 3 is 2.25 bits per heavy atom. The van der Waals surface area contributed by atoms with E-state index in [-0.39, 0.29) is 0 Å². The molecule has 0 amide bonds. The van der Waals surface area contributed by atoms with Crippen molar-refractivity contribution in [3.8, 4) is 0 Å². The van der Waals surface area contributed by atoms with Crippen LogP contribution in [0.2, 0.25) is 5.09 Å². The molecule has 0 atom stereocenters. The van der Waals surface area contributed by atoms with E-state index in [2.05, 4.69) is 0 Å². The van der Waals surface area contributed by atoms with Crippen LogP contribution < -0.4 is 0 Å². The third kappa shape index (κ3) is 2.27. The average molecular weight is 50.0 g/mol. The summed E-state index contributed by atoms with van der Waals surface area (Å²) < 4.78 is 0. The van der Waals surface area contributed by atoms with Crippen molar-refractivity contribution in [3.05, 3.63) is 0 Å². The van der Waals surface area contributed by atoms with Gasteiger partial charge >= 0.3 is 33.9 Å². The van der Waals surface area contributed by atoms with E-state index in [0.717, 1.165) is 6.29 Å². The second kappa shape index (κ2) is 3.27. The van der Waals surface area contributed by atoms with Crippen molar-refractivity contribution in [2.45, 2.75) is 5.09 Å². The topological polar surface area (TPSA) is 17.1 Å².